The number of nitrogens with zero attached hydrogens (tertiary/aromatic N) is 1. The summed E-state index contributed by atoms with van der Waals surface area (Å²) in [6.45, 7) is 4.60. The molecule has 0 saturated heterocycles. The maximum atomic E-state index is 13.3. The minimum atomic E-state index is -0.439. The first kappa shape index (κ1) is 25.5. The van der Waals surface area contributed by atoms with E-state index in [0.29, 0.717) is 30.8 Å². The number of imide groups is 1. The van der Waals surface area contributed by atoms with Gasteiger partial charge in [0.25, 0.3) is 11.8 Å². The van der Waals surface area contributed by atoms with Crippen LogP contribution in [-0.4, -0.2) is 42.9 Å². The SMILES string of the molecule is COCCCN1C(=O)C(Nc2ccc(F)cc2)=C(Sc2ccc(NC(=O)CC(C)C)cc2)C1=O. The Bertz CT molecular complexity index is 1070. The van der Waals surface area contributed by atoms with Crippen LogP contribution in [0.4, 0.5) is 15.8 Å². The zero-order valence-corrected chi connectivity index (χ0v) is 20.2. The van der Waals surface area contributed by atoms with Crippen molar-refractivity contribution in [3.8, 4) is 0 Å². The topological polar surface area (TPSA) is 87.7 Å². The van der Waals surface area contributed by atoms with E-state index in [1.807, 2.05) is 13.8 Å². The van der Waals surface area contributed by atoms with E-state index in [1.165, 1.54) is 29.2 Å². The summed E-state index contributed by atoms with van der Waals surface area (Å²) < 4.78 is 18.3. The van der Waals surface area contributed by atoms with Crippen LogP contribution in [0, 0.1) is 11.7 Å². The summed E-state index contributed by atoms with van der Waals surface area (Å²) in [6.07, 6.45) is 0.942. The lowest BCUT2D eigenvalue weighted by molar-refractivity contribution is -0.137. The number of ether oxygens (including phenoxy) is 1. The molecule has 34 heavy (non-hydrogen) atoms. The zero-order chi connectivity index (χ0) is 24.7. The number of hydrogen-bond donors (Lipinski definition) is 2. The molecule has 3 amide bonds. The van der Waals surface area contributed by atoms with Gasteiger partial charge in [-0.3, -0.25) is 19.3 Å². The Morgan fingerprint density at radius 3 is 2.29 bits per heavy atom. The molecular weight excluding hydrogens is 457 g/mol. The van der Waals surface area contributed by atoms with Crippen molar-refractivity contribution in [1.29, 1.82) is 0 Å². The Labute approximate surface area is 202 Å². The highest BCUT2D eigenvalue weighted by Crippen LogP contribution is 2.36. The second-order valence-electron chi connectivity index (χ2n) is 8.22. The van der Waals surface area contributed by atoms with Crippen LogP contribution in [-0.2, 0) is 19.1 Å². The number of nitrogens with one attached hydrogen (secondary N) is 2. The number of amides is 3. The number of thioether (sulfide) groups is 1. The number of carbonyl (C=O) groups excluding carboxylic acids is 3. The number of rotatable bonds is 11. The molecule has 0 radical (unpaired) electrons. The monoisotopic (exact) mass is 485 g/mol. The van der Waals surface area contributed by atoms with Gasteiger partial charge in [-0.25, -0.2) is 4.39 Å². The van der Waals surface area contributed by atoms with Crippen molar-refractivity contribution in [3.05, 3.63) is 65.0 Å². The molecule has 0 aliphatic carbocycles. The molecule has 0 spiro atoms. The van der Waals surface area contributed by atoms with E-state index < -0.39 is 17.6 Å². The van der Waals surface area contributed by atoms with Crippen molar-refractivity contribution in [3.63, 3.8) is 0 Å². The summed E-state index contributed by atoms with van der Waals surface area (Å²) in [6, 6.07) is 12.6. The fourth-order valence-electron chi connectivity index (χ4n) is 3.31. The highest BCUT2D eigenvalue weighted by atomic mass is 32.2. The van der Waals surface area contributed by atoms with Crippen LogP contribution < -0.4 is 10.6 Å². The highest BCUT2D eigenvalue weighted by Gasteiger charge is 2.38. The molecule has 0 unspecified atom stereocenters. The predicted octanol–water partition coefficient (Wildman–Crippen LogP) is 4.63. The lowest BCUT2D eigenvalue weighted by atomic mass is 10.1. The van der Waals surface area contributed by atoms with Crippen molar-refractivity contribution in [2.45, 2.75) is 31.6 Å². The van der Waals surface area contributed by atoms with Crippen LogP contribution >= 0.6 is 11.8 Å². The standard InChI is InChI=1S/C25H28FN3O4S/c1-16(2)15-21(30)27-18-9-11-20(12-10-18)34-23-22(28-19-7-5-17(26)6-8-19)24(31)29(25(23)32)13-4-14-33-3/h5-12,16,28H,4,13-15H2,1-3H3,(H,27,30). The molecular formula is C25H28FN3O4S. The van der Waals surface area contributed by atoms with Gasteiger partial charge in [0.2, 0.25) is 5.91 Å². The third-order valence-corrected chi connectivity index (χ3v) is 6.01. The second-order valence-corrected chi connectivity index (χ2v) is 9.30. The molecule has 3 rings (SSSR count). The molecule has 9 heteroatoms. The Morgan fingerprint density at radius 2 is 1.68 bits per heavy atom. The van der Waals surface area contributed by atoms with Gasteiger partial charge < -0.3 is 15.4 Å². The fraction of sp³-hybridized carbons (Fsp3) is 0.320. The van der Waals surface area contributed by atoms with Crippen LogP contribution in [0.25, 0.3) is 0 Å². The third kappa shape index (κ3) is 6.68. The lowest BCUT2D eigenvalue weighted by Gasteiger charge is -2.14. The van der Waals surface area contributed by atoms with Gasteiger partial charge >= 0.3 is 0 Å². The number of halogens is 1. The van der Waals surface area contributed by atoms with E-state index in [2.05, 4.69) is 10.6 Å². The fourth-order valence-corrected chi connectivity index (χ4v) is 4.26. The maximum absolute atomic E-state index is 13.3. The van der Waals surface area contributed by atoms with Gasteiger partial charge in [0.15, 0.2) is 0 Å². The number of benzene rings is 2. The first-order valence-electron chi connectivity index (χ1n) is 11.0. The first-order valence-corrected chi connectivity index (χ1v) is 11.8. The number of methoxy groups -OCH3 is 1. The van der Waals surface area contributed by atoms with Gasteiger partial charge in [-0.2, -0.15) is 0 Å². The zero-order valence-electron chi connectivity index (χ0n) is 19.4. The van der Waals surface area contributed by atoms with Gasteiger partial charge in [0.05, 0.1) is 0 Å². The van der Waals surface area contributed by atoms with E-state index in [0.717, 1.165) is 16.7 Å². The number of carbonyl (C=O) groups is 3. The van der Waals surface area contributed by atoms with Gasteiger partial charge in [-0.15, -0.1) is 0 Å². The van der Waals surface area contributed by atoms with E-state index in [4.69, 9.17) is 4.74 Å². The molecule has 1 heterocycles. The van der Waals surface area contributed by atoms with Crippen molar-refractivity contribution in [1.82, 2.24) is 4.90 Å². The largest absolute Gasteiger partial charge is 0.385 e. The summed E-state index contributed by atoms with van der Waals surface area (Å²) in [7, 11) is 1.56. The molecule has 0 fully saturated rings. The molecule has 0 atom stereocenters. The molecule has 0 bridgehead atoms. The van der Waals surface area contributed by atoms with E-state index in [-0.39, 0.29) is 29.0 Å². The summed E-state index contributed by atoms with van der Waals surface area (Å²) in [5, 5.41) is 5.83. The quantitative estimate of drug-likeness (QED) is 0.356. The van der Waals surface area contributed by atoms with Crippen LogP contribution in [0.3, 0.4) is 0 Å². The normalized spacial score (nSPS) is 13.7. The van der Waals surface area contributed by atoms with Crippen molar-refractivity contribution < 1.29 is 23.5 Å². The maximum Gasteiger partial charge on any atom is 0.278 e. The molecule has 7 nitrogen and oxygen atoms in total. The van der Waals surface area contributed by atoms with E-state index in [9.17, 15) is 18.8 Å². The van der Waals surface area contributed by atoms with Crippen molar-refractivity contribution in [2.75, 3.05) is 30.9 Å². The van der Waals surface area contributed by atoms with E-state index >= 15 is 0 Å². The average Bonchev–Trinajstić information content (AvgIpc) is 3.00. The summed E-state index contributed by atoms with van der Waals surface area (Å²) in [4.78, 5) is 40.3. The molecule has 1 aliphatic rings. The molecule has 0 saturated carbocycles. The Balaban J connectivity index is 1.80. The van der Waals surface area contributed by atoms with Crippen LogP contribution in [0.5, 0.6) is 0 Å². The molecule has 2 aromatic carbocycles. The third-order valence-electron chi connectivity index (χ3n) is 4.92. The molecule has 0 aromatic heterocycles. The number of hydrogen-bond acceptors (Lipinski definition) is 6. The Hall–Kier alpha value is -3.17. The Morgan fingerprint density at radius 1 is 1.03 bits per heavy atom. The Kier molecular flexibility index (Phi) is 8.84. The average molecular weight is 486 g/mol. The van der Waals surface area contributed by atoms with Crippen molar-refractivity contribution >= 4 is 40.9 Å². The predicted molar refractivity (Wildman–Crippen MR) is 131 cm³/mol. The molecule has 2 aromatic rings. The highest BCUT2D eigenvalue weighted by molar-refractivity contribution is 8.04. The second kappa shape index (κ2) is 11.8. The summed E-state index contributed by atoms with van der Waals surface area (Å²) in [5.41, 5.74) is 1.30. The van der Waals surface area contributed by atoms with Crippen molar-refractivity contribution in [2.24, 2.45) is 5.92 Å². The molecule has 180 valence electrons. The van der Waals surface area contributed by atoms with Gasteiger partial charge in [-0.05, 0) is 60.9 Å². The lowest BCUT2D eigenvalue weighted by Crippen LogP contribution is -2.33. The minimum absolute atomic E-state index is 0.0628. The van der Waals surface area contributed by atoms with Gasteiger partial charge in [0.1, 0.15) is 16.4 Å². The van der Waals surface area contributed by atoms with Crippen LogP contribution in [0.15, 0.2) is 64.0 Å². The summed E-state index contributed by atoms with van der Waals surface area (Å²) in [5.74, 6) is -1.04. The summed E-state index contributed by atoms with van der Waals surface area (Å²) >= 11 is 1.16. The minimum Gasteiger partial charge on any atom is -0.385 e. The van der Waals surface area contributed by atoms with Crippen LogP contribution in [0.2, 0.25) is 0 Å². The van der Waals surface area contributed by atoms with E-state index in [1.54, 1.807) is 31.4 Å². The molecule has 2 N–H and O–H groups in total. The van der Waals surface area contributed by atoms with Gasteiger partial charge in [0, 0.05) is 43.0 Å². The number of anilines is 2. The van der Waals surface area contributed by atoms with Gasteiger partial charge in [-0.1, -0.05) is 25.6 Å². The first-order chi connectivity index (χ1) is 16.3. The van der Waals surface area contributed by atoms with Crippen LogP contribution in [0.1, 0.15) is 26.7 Å². The smallest absolute Gasteiger partial charge is 0.278 e. The molecule has 1 aliphatic heterocycles.